The van der Waals surface area contributed by atoms with Crippen LogP contribution < -0.4 is 15.5 Å². The number of aromatic nitrogens is 2. The van der Waals surface area contributed by atoms with Crippen LogP contribution in [0.5, 0.6) is 0 Å². The fourth-order valence-corrected chi connectivity index (χ4v) is 3.37. The second kappa shape index (κ2) is 8.63. The number of carbonyl (C=O) groups excluding carboxylic acids is 1. The summed E-state index contributed by atoms with van der Waals surface area (Å²) in [5, 5.41) is 6.48. The summed E-state index contributed by atoms with van der Waals surface area (Å²) in [5.41, 5.74) is 2.70. The van der Waals surface area contributed by atoms with Crippen LogP contribution in [-0.2, 0) is 6.54 Å². The van der Waals surface area contributed by atoms with Crippen molar-refractivity contribution in [1.82, 2.24) is 20.6 Å². The lowest BCUT2D eigenvalue weighted by Crippen LogP contribution is -2.46. The fraction of sp³-hybridized carbons (Fsp3) is 0.227. The maximum atomic E-state index is 12.5. The smallest absolute Gasteiger partial charge is 0.270 e. The predicted octanol–water partition coefficient (Wildman–Crippen LogP) is 2.56. The number of nitrogens with zero attached hydrogens (tertiary/aromatic N) is 3. The molecule has 0 saturated carbocycles. The van der Waals surface area contributed by atoms with Crippen LogP contribution in [0.15, 0.2) is 73.1 Å². The Morgan fingerprint density at radius 2 is 1.89 bits per heavy atom. The molecule has 2 aromatic heterocycles. The molecule has 1 aromatic carbocycles. The van der Waals surface area contributed by atoms with Crippen LogP contribution in [0.25, 0.3) is 0 Å². The molecule has 0 aliphatic carbocycles. The zero-order chi connectivity index (χ0) is 19.2. The number of carbonyl (C=O) groups is 1. The number of nitrogens with one attached hydrogen (secondary N) is 2. The van der Waals surface area contributed by atoms with Crippen molar-refractivity contribution in [3.05, 3.63) is 89.9 Å². The molecule has 6 nitrogen and oxygen atoms in total. The number of benzene rings is 1. The van der Waals surface area contributed by atoms with E-state index in [1.807, 2.05) is 30.3 Å². The molecule has 0 spiro atoms. The van der Waals surface area contributed by atoms with Gasteiger partial charge < -0.3 is 15.5 Å². The van der Waals surface area contributed by atoms with E-state index in [0.717, 1.165) is 31.0 Å². The molecule has 3 heterocycles. The van der Waals surface area contributed by atoms with E-state index in [2.05, 4.69) is 49.8 Å². The molecule has 2 N–H and O–H groups in total. The van der Waals surface area contributed by atoms with Crippen molar-refractivity contribution in [1.29, 1.82) is 0 Å². The normalized spacial score (nSPS) is 16.6. The molecule has 1 atom stereocenters. The average molecular weight is 373 g/mol. The summed E-state index contributed by atoms with van der Waals surface area (Å²) in [5.74, 6) is 0.660. The molecular weight excluding hydrogens is 350 g/mol. The van der Waals surface area contributed by atoms with E-state index < -0.39 is 0 Å². The van der Waals surface area contributed by atoms with E-state index in [9.17, 15) is 4.79 Å². The molecule has 28 heavy (non-hydrogen) atoms. The summed E-state index contributed by atoms with van der Waals surface area (Å²) in [6.45, 7) is 3.01. The van der Waals surface area contributed by atoms with Crippen molar-refractivity contribution < 1.29 is 4.79 Å². The maximum absolute atomic E-state index is 12.5. The number of pyridine rings is 2. The highest BCUT2D eigenvalue weighted by atomic mass is 16.1. The van der Waals surface area contributed by atoms with Crippen molar-refractivity contribution in [2.75, 3.05) is 24.5 Å². The van der Waals surface area contributed by atoms with Crippen LogP contribution in [0.2, 0.25) is 0 Å². The van der Waals surface area contributed by atoms with Crippen LogP contribution in [0.3, 0.4) is 0 Å². The van der Waals surface area contributed by atoms with Gasteiger partial charge in [-0.2, -0.15) is 0 Å². The molecular formula is C22H23N5O. The lowest BCUT2D eigenvalue weighted by atomic mass is 10.0. The van der Waals surface area contributed by atoms with Gasteiger partial charge in [0.05, 0.1) is 0 Å². The molecule has 1 amide bonds. The number of hydrogen-bond donors (Lipinski definition) is 2. The van der Waals surface area contributed by atoms with Crippen LogP contribution in [0.1, 0.15) is 27.7 Å². The first-order valence-corrected chi connectivity index (χ1v) is 9.47. The third-order valence-electron chi connectivity index (χ3n) is 4.87. The molecule has 1 aliphatic heterocycles. The molecule has 1 fully saturated rings. The lowest BCUT2D eigenvalue weighted by Gasteiger charge is -2.34. The van der Waals surface area contributed by atoms with E-state index in [0.29, 0.717) is 12.2 Å². The lowest BCUT2D eigenvalue weighted by molar-refractivity contribution is 0.0946. The third kappa shape index (κ3) is 4.35. The molecule has 3 aromatic rings. The zero-order valence-electron chi connectivity index (χ0n) is 15.6. The minimum absolute atomic E-state index is 0.173. The maximum Gasteiger partial charge on any atom is 0.270 e. The van der Waals surface area contributed by atoms with Crippen molar-refractivity contribution in [2.45, 2.75) is 12.6 Å². The summed E-state index contributed by atoms with van der Waals surface area (Å²) in [7, 11) is 0. The first kappa shape index (κ1) is 18.1. The minimum atomic E-state index is -0.173. The first-order valence-electron chi connectivity index (χ1n) is 9.47. The summed E-state index contributed by atoms with van der Waals surface area (Å²) in [6.07, 6.45) is 3.43. The van der Waals surface area contributed by atoms with Gasteiger partial charge in [0.15, 0.2) is 0 Å². The van der Waals surface area contributed by atoms with Crippen LogP contribution >= 0.6 is 0 Å². The topological polar surface area (TPSA) is 70.2 Å². The quantitative estimate of drug-likeness (QED) is 0.719. The highest BCUT2D eigenvalue weighted by Crippen LogP contribution is 2.21. The second-order valence-corrected chi connectivity index (χ2v) is 6.78. The first-order chi connectivity index (χ1) is 13.8. The van der Waals surface area contributed by atoms with Gasteiger partial charge in [-0.05, 0) is 35.4 Å². The highest BCUT2D eigenvalue weighted by molar-refractivity contribution is 5.92. The number of anilines is 1. The van der Waals surface area contributed by atoms with Gasteiger partial charge in [0.1, 0.15) is 11.5 Å². The molecule has 0 unspecified atom stereocenters. The molecule has 4 rings (SSSR count). The number of rotatable bonds is 5. The molecule has 0 radical (unpaired) electrons. The standard InChI is InChI=1S/C22H23N5O/c28-22(25-15-17-9-11-23-12-10-17)19-7-4-8-21(26-19)27-14-13-24-20(16-27)18-5-2-1-3-6-18/h1-12,20,24H,13-16H2,(H,25,28)/t20-/m0/s1. The Hall–Kier alpha value is -3.25. The van der Waals surface area contributed by atoms with E-state index in [1.165, 1.54) is 5.56 Å². The van der Waals surface area contributed by atoms with Gasteiger partial charge >= 0.3 is 0 Å². The second-order valence-electron chi connectivity index (χ2n) is 6.78. The van der Waals surface area contributed by atoms with Crippen molar-refractivity contribution in [3.8, 4) is 0 Å². The number of amides is 1. The Labute approximate surface area is 164 Å². The number of hydrogen-bond acceptors (Lipinski definition) is 5. The van der Waals surface area contributed by atoms with E-state index in [1.54, 1.807) is 18.5 Å². The Kier molecular flexibility index (Phi) is 5.58. The zero-order valence-corrected chi connectivity index (χ0v) is 15.6. The van der Waals surface area contributed by atoms with Gasteiger partial charge in [0.2, 0.25) is 0 Å². The third-order valence-corrected chi connectivity index (χ3v) is 4.87. The summed E-state index contributed by atoms with van der Waals surface area (Å²) in [4.78, 5) is 23.3. The van der Waals surface area contributed by atoms with Gasteiger partial charge in [0, 0.05) is 44.6 Å². The average Bonchev–Trinajstić information content (AvgIpc) is 2.79. The van der Waals surface area contributed by atoms with E-state index >= 15 is 0 Å². The summed E-state index contributed by atoms with van der Waals surface area (Å²) in [6, 6.07) is 20.0. The Balaban J connectivity index is 1.43. The molecule has 142 valence electrons. The van der Waals surface area contributed by atoms with Crippen LogP contribution in [0.4, 0.5) is 5.82 Å². The SMILES string of the molecule is O=C(NCc1ccncc1)c1cccc(N2CCN[C@H](c3ccccc3)C2)n1. The Morgan fingerprint density at radius 1 is 1.07 bits per heavy atom. The minimum Gasteiger partial charge on any atom is -0.353 e. The number of piperazine rings is 1. The van der Waals surface area contributed by atoms with Gasteiger partial charge in [-0.25, -0.2) is 4.98 Å². The molecule has 1 saturated heterocycles. The summed E-state index contributed by atoms with van der Waals surface area (Å²) < 4.78 is 0. The van der Waals surface area contributed by atoms with Crippen LogP contribution in [-0.4, -0.2) is 35.5 Å². The molecule has 6 heteroatoms. The predicted molar refractivity (Wildman–Crippen MR) is 109 cm³/mol. The van der Waals surface area contributed by atoms with Crippen molar-refractivity contribution >= 4 is 11.7 Å². The summed E-state index contributed by atoms with van der Waals surface area (Å²) >= 11 is 0. The Bertz CT molecular complexity index is 916. The van der Waals surface area contributed by atoms with Gasteiger partial charge in [-0.1, -0.05) is 36.4 Å². The molecule has 1 aliphatic rings. The van der Waals surface area contributed by atoms with Gasteiger partial charge in [0.25, 0.3) is 5.91 Å². The van der Waals surface area contributed by atoms with Crippen LogP contribution in [0, 0.1) is 0 Å². The van der Waals surface area contributed by atoms with Crippen molar-refractivity contribution in [2.24, 2.45) is 0 Å². The van der Waals surface area contributed by atoms with Gasteiger partial charge in [-0.15, -0.1) is 0 Å². The highest BCUT2D eigenvalue weighted by Gasteiger charge is 2.22. The molecule has 0 bridgehead atoms. The van der Waals surface area contributed by atoms with Crippen molar-refractivity contribution in [3.63, 3.8) is 0 Å². The fourth-order valence-electron chi connectivity index (χ4n) is 3.37. The Morgan fingerprint density at radius 3 is 2.71 bits per heavy atom. The largest absolute Gasteiger partial charge is 0.353 e. The van der Waals surface area contributed by atoms with E-state index in [4.69, 9.17) is 0 Å². The van der Waals surface area contributed by atoms with E-state index in [-0.39, 0.29) is 11.9 Å². The van der Waals surface area contributed by atoms with Gasteiger partial charge in [-0.3, -0.25) is 9.78 Å². The monoisotopic (exact) mass is 373 g/mol.